The molecule has 1 N–H and O–H groups in total. The third-order valence-corrected chi connectivity index (χ3v) is 4.82. The summed E-state index contributed by atoms with van der Waals surface area (Å²) >= 11 is 5.63. The summed E-state index contributed by atoms with van der Waals surface area (Å²) in [5.41, 5.74) is -0.462. The fraction of sp³-hybridized carbons (Fsp3) is 0.900. The number of unbranched alkanes of at least 4 members (excludes halogenated alkanes) is 3. The van der Waals surface area contributed by atoms with Crippen LogP contribution >= 0.6 is 11.6 Å². The minimum absolute atomic E-state index is 0.0382. The number of hydrogen-bond donors (Lipinski definition) is 1. The van der Waals surface area contributed by atoms with Crippen LogP contribution in [0.15, 0.2) is 0 Å². The molecule has 1 saturated heterocycles. The minimum Gasteiger partial charge on any atom is -0.379 e. The number of likely N-dealkylation sites (tertiary alicyclic amines) is 1. The minimum atomic E-state index is -0.462. The standard InChI is InChI=1S/C20H37ClN2O4/c1-20(2,3)19(25)23-12-8-9-17(23)18(24)22-11-14-27-16-15-26-13-7-5-4-6-10-21/h17H,4-16H2,1-3H3,(H,22,24). The SMILES string of the molecule is CC(C)(C)C(=O)N1CCCC1C(=O)NCCOCCOCCCCCCCl. The van der Waals surface area contributed by atoms with E-state index in [0.717, 1.165) is 51.0 Å². The van der Waals surface area contributed by atoms with Gasteiger partial charge in [-0.15, -0.1) is 11.6 Å². The van der Waals surface area contributed by atoms with Gasteiger partial charge in [-0.05, 0) is 25.7 Å². The van der Waals surface area contributed by atoms with Crippen molar-refractivity contribution in [1.82, 2.24) is 10.2 Å². The Kier molecular flexibility index (Phi) is 12.0. The monoisotopic (exact) mass is 404 g/mol. The topological polar surface area (TPSA) is 67.9 Å². The molecule has 1 heterocycles. The molecule has 0 bridgehead atoms. The summed E-state index contributed by atoms with van der Waals surface area (Å²) in [6.07, 6.45) is 6.03. The zero-order valence-corrected chi connectivity index (χ0v) is 18.0. The third-order valence-electron chi connectivity index (χ3n) is 4.55. The van der Waals surface area contributed by atoms with Crippen molar-refractivity contribution < 1.29 is 19.1 Å². The van der Waals surface area contributed by atoms with Crippen LogP contribution in [0.2, 0.25) is 0 Å². The smallest absolute Gasteiger partial charge is 0.242 e. The number of nitrogens with zero attached hydrogens (tertiary/aromatic N) is 1. The number of hydrogen-bond acceptors (Lipinski definition) is 4. The molecule has 1 unspecified atom stereocenters. The van der Waals surface area contributed by atoms with Crippen molar-refractivity contribution in [3.05, 3.63) is 0 Å². The number of amides is 2. The number of ether oxygens (including phenoxy) is 2. The van der Waals surface area contributed by atoms with Crippen LogP contribution in [0, 0.1) is 5.41 Å². The Bertz CT molecular complexity index is 440. The summed E-state index contributed by atoms with van der Waals surface area (Å²) in [7, 11) is 0. The normalized spacial score (nSPS) is 17.3. The molecule has 1 fully saturated rings. The highest BCUT2D eigenvalue weighted by molar-refractivity contribution is 6.17. The van der Waals surface area contributed by atoms with Gasteiger partial charge in [0.1, 0.15) is 6.04 Å². The van der Waals surface area contributed by atoms with Gasteiger partial charge in [0.2, 0.25) is 11.8 Å². The number of rotatable bonds is 13. The average molecular weight is 405 g/mol. The van der Waals surface area contributed by atoms with E-state index in [2.05, 4.69) is 5.32 Å². The van der Waals surface area contributed by atoms with Gasteiger partial charge in [0, 0.05) is 31.0 Å². The molecule has 0 saturated carbocycles. The van der Waals surface area contributed by atoms with Gasteiger partial charge in [0.25, 0.3) is 0 Å². The summed E-state index contributed by atoms with van der Waals surface area (Å²) < 4.78 is 11.0. The second kappa shape index (κ2) is 13.3. The summed E-state index contributed by atoms with van der Waals surface area (Å²) in [6.45, 7) is 9.07. The second-order valence-electron chi connectivity index (χ2n) is 8.03. The third kappa shape index (κ3) is 9.77. The molecule has 0 aliphatic carbocycles. The van der Waals surface area contributed by atoms with Crippen LogP contribution in [0.25, 0.3) is 0 Å². The van der Waals surface area contributed by atoms with Crippen molar-refractivity contribution in [2.45, 2.75) is 65.3 Å². The number of carbonyl (C=O) groups excluding carboxylic acids is 2. The maximum absolute atomic E-state index is 12.5. The van der Waals surface area contributed by atoms with Gasteiger partial charge in [0.05, 0.1) is 19.8 Å². The largest absolute Gasteiger partial charge is 0.379 e. The van der Waals surface area contributed by atoms with Gasteiger partial charge in [-0.25, -0.2) is 0 Å². The first-order valence-electron chi connectivity index (χ1n) is 10.2. The lowest BCUT2D eigenvalue weighted by molar-refractivity contribution is -0.144. The van der Waals surface area contributed by atoms with Gasteiger partial charge < -0.3 is 19.7 Å². The summed E-state index contributed by atoms with van der Waals surface area (Å²) in [5.74, 6) is 0.690. The maximum atomic E-state index is 12.5. The van der Waals surface area contributed by atoms with Gasteiger partial charge in [0.15, 0.2) is 0 Å². The van der Waals surface area contributed by atoms with Crippen LogP contribution in [0.1, 0.15) is 59.3 Å². The van der Waals surface area contributed by atoms with Crippen molar-refractivity contribution >= 4 is 23.4 Å². The van der Waals surface area contributed by atoms with E-state index in [4.69, 9.17) is 21.1 Å². The fourth-order valence-electron chi connectivity index (χ4n) is 3.05. The van der Waals surface area contributed by atoms with Gasteiger partial charge in [-0.1, -0.05) is 33.6 Å². The molecule has 0 radical (unpaired) electrons. The Labute approximate surface area is 169 Å². The lowest BCUT2D eigenvalue weighted by Gasteiger charge is -2.30. The molecular weight excluding hydrogens is 368 g/mol. The van der Waals surface area contributed by atoms with Crippen LogP contribution in [-0.2, 0) is 19.1 Å². The highest BCUT2D eigenvalue weighted by Crippen LogP contribution is 2.25. The molecule has 1 rings (SSSR count). The number of carbonyl (C=O) groups is 2. The molecule has 1 atom stereocenters. The van der Waals surface area contributed by atoms with Crippen LogP contribution in [-0.4, -0.2) is 68.2 Å². The van der Waals surface area contributed by atoms with Gasteiger partial charge in [-0.2, -0.15) is 0 Å². The fourth-order valence-corrected chi connectivity index (χ4v) is 3.24. The Morgan fingerprint density at radius 2 is 1.70 bits per heavy atom. The Morgan fingerprint density at radius 1 is 1.04 bits per heavy atom. The summed E-state index contributed by atoms with van der Waals surface area (Å²) in [5, 5.41) is 2.88. The number of alkyl halides is 1. The van der Waals surface area contributed by atoms with Crippen LogP contribution in [0.4, 0.5) is 0 Å². The molecule has 27 heavy (non-hydrogen) atoms. The molecule has 0 spiro atoms. The Balaban J connectivity index is 2.06. The first kappa shape index (κ1) is 24.2. The maximum Gasteiger partial charge on any atom is 0.242 e. The van der Waals surface area contributed by atoms with E-state index < -0.39 is 5.41 Å². The molecule has 2 amide bonds. The first-order chi connectivity index (χ1) is 12.9. The molecule has 0 aromatic rings. The molecule has 1 aliphatic rings. The average Bonchev–Trinajstić information content (AvgIpc) is 3.10. The quantitative estimate of drug-likeness (QED) is 0.378. The summed E-state index contributed by atoms with van der Waals surface area (Å²) in [6, 6.07) is -0.348. The first-order valence-corrected chi connectivity index (χ1v) is 10.7. The van der Waals surface area contributed by atoms with Crippen molar-refractivity contribution in [1.29, 1.82) is 0 Å². The van der Waals surface area contributed by atoms with Crippen molar-refractivity contribution in [3.63, 3.8) is 0 Å². The Morgan fingerprint density at radius 3 is 2.37 bits per heavy atom. The van der Waals surface area contributed by atoms with E-state index in [0.29, 0.717) is 32.9 Å². The van der Waals surface area contributed by atoms with Gasteiger partial charge >= 0.3 is 0 Å². The van der Waals surface area contributed by atoms with Crippen LogP contribution < -0.4 is 5.32 Å². The predicted octanol–water partition coefficient (Wildman–Crippen LogP) is 2.97. The number of halogens is 1. The molecule has 0 aromatic carbocycles. The molecule has 158 valence electrons. The van der Waals surface area contributed by atoms with E-state index in [9.17, 15) is 9.59 Å². The highest BCUT2D eigenvalue weighted by Gasteiger charge is 2.38. The molecule has 7 heteroatoms. The van der Waals surface area contributed by atoms with E-state index in [1.807, 2.05) is 20.8 Å². The van der Waals surface area contributed by atoms with E-state index in [1.54, 1.807) is 4.90 Å². The van der Waals surface area contributed by atoms with E-state index >= 15 is 0 Å². The molecular formula is C20H37ClN2O4. The Hall–Kier alpha value is -0.850. The van der Waals surface area contributed by atoms with Gasteiger partial charge in [-0.3, -0.25) is 9.59 Å². The van der Waals surface area contributed by atoms with E-state index in [1.165, 1.54) is 0 Å². The lowest BCUT2D eigenvalue weighted by Crippen LogP contribution is -2.49. The molecule has 1 aliphatic heterocycles. The summed E-state index contributed by atoms with van der Waals surface area (Å²) in [4.78, 5) is 26.6. The second-order valence-corrected chi connectivity index (χ2v) is 8.40. The van der Waals surface area contributed by atoms with Crippen molar-refractivity contribution in [3.8, 4) is 0 Å². The van der Waals surface area contributed by atoms with Crippen LogP contribution in [0.3, 0.4) is 0 Å². The zero-order chi connectivity index (χ0) is 20.1. The molecule has 6 nitrogen and oxygen atoms in total. The van der Waals surface area contributed by atoms with Crippen molar-refractivity contribution in [2.75, 3.05) is 45.4 Å². The number of nitrogens with one attached hydrogen (secondary N) is 1. The van der Waals surface area contributed by atoms with Crippen LogP contribution in [0.5, 0.6) is 0 Å². The highest BCUT2D eigenvalue weighted by atomic mass is 35.5. The van der Waals surface area contributed by atoms with E-state index in [-0.39, 0.29) is 17.9 Å². The van der Waals surface area contributed by atoms with Crippen molar-refractivity contribution in [2.24, 2.45) is 5.41 Å². The molecule has 0 aromatic heterocycles. The lowest BCUT2D eigenvalue weighted by atomic mass is 9.94. The zero-order valence-electron chi connectivity index (χ0n) is 17.2. The predicted molar refractivity (Wildman–Crippen MR) is 108 cm³/mol.